The minimum Gasteiger partial charge on any atom is -0.480 e. The topological polar surface area (TPSA) is 102 Å². The maximum Gasteiger partial charge on any atom is 0.323 e. The van der Waals surface area contributed by atoms with Gasteiger partial charge in [0.1, 0.15) is 12.4 Å². The van der Waals surface area contributed by atoms with Gasteiger partial charge in [-0.15, -0.1) is 0 Å². The number of benzene rings is 2. The number of nitrogens with zero attached hydrogens (tertiary/aromatic N) is 5. The molecule has 0 spiro atoms. The Kier molecular flexibility index (Phi) is 9.09. The number of aliphatic carboxylic acids is 1. The molecule has 0 aliphatic heterocycles. The molecule has 1 aromatic heterocycles. The average Bonchev–Trinajstić information content (AvgIpc) is 2.82. The first-order valence-corrected chi connectivity index (χ1v) is 11.5. The van der Waals surface area contributed by atoms with Crippen molar-refractivity contribution in [1.29, 1.82) is 0 Å². The number of hydrogen-bond donors (Lipinski definition) is 1. The third-order valence-corrected chi connectivity index (χ3v) is 5.74. The Bertz CT molecular complexity index is 1110. The molecule has 2 aromatic carbocycles. The lowest BCUT2D eigenvalue weighted by molar-refractivity contribution is -0.135. The lowest BCUT2D eigenvalue weighted by atomic mass is 9.97. The van der Waals surface area contributed by atoms with Gasteiger partial charge in [-0.25, -0.2) is 4.98 Å². The van der Waals surface area contributed by atoms with Crippen LogP contribution in [0.5, 0.6) is 0 Å². The summed E-state index contributed by atoms with van der Waals surface area (Å²) in [6.45, 7) is 0.496. The second-order valence-electron chi connectivity index (χ2n) is 8.32. The molecule has 1 heterocycles. The molecule has 7 heteroatoms. The minimum atomic E-state index is -0.883. The van der Waals surface area contributed by atoms with E-state index in [4.69, 9.17) is 10.5 Å². The Labute approximate surface area is 194 Å². The molecule has 0 bridgehead atoms. The van der Waals surface area contributed by atoms with E-state index < -0.39 is 5.97 Å². The predicted molar refractivity (Wildman–Crippen MR) is 134 cm³/mol. The number of carboxylic acid groups (broad SMARTS) is 1. The Balaban J connectivity index is 1.73. The molecule has 0 fully saturated rings. The number of carboxylic acids is 1. The van der Waals surface area contributed by atoms with Crippen LogP contribution in [-0.2, 0) is 11.2 Å². The summed E-state index contributed by atoms with van der Waals surface area (Å²) < 4.78 is 0. The van der Waals surface area contributed by atoms with Crippen LogP contribution in [-0.4, -0.2) is 36.2 Å². The molecule has 0 aliphatic carbocycles. The third-order valence-electron chi connectivity index (χ3n) is 5.74. The van der Waals surface area contributed by atoms with Gasteiger partial charge in [-0.2, -0.15) is 0 Å². The van der Waals surface area contributed by atoms with E-state index in [1.54, 1.807) is 11.9 Å². The zero-order chi connectivity index (χ0) is 23.5. The fourth-order valence-electron chi connectivity index (χ4n) is 4.01. The Morgan fingerprint density at radius 1 is 1.03 bits per heavy atom. The number of rotatable bonds is 13. The first-order valence-electron chi connectivity index (χ1n) is 11.5. The highest BCUT2D eigenvalue weighted by atomic mass is 16.4. The van der Waals surface area contributed by atoms with Crippen LogP contribution in [0.15, 0.2) is 59.7 Å². The maximum atomic E-state index is 11.2. The lowest BCUT2D eigenvalue weighted by Gasteiger charge is -2.18. The molecular weight excluding hydrogens is 414 g/mol. The summed E-state index contributed by atoms with van der Waals surface area (Å²) in [7, 11) is 1.75. The van der Waals surface area contributed by atoms with Crippen molar-refractivity contribution in [1.82, 2.24) is 4.98 Å². The van der Waals surface area contributed by atoms with Crippen LogP contribution < -0.4 is 4.90 Å². The molecule has 3 aromatic rings. The summed E-state index contributed by atoms with van der Waals surface area (Å²) in [6.07, 6.45) is 7.78. The van der Waals surface area contributed by atoms with Crippen molar-refractivity contribution < 1.29 is 9.90 Å². The van der Waals surface area contributed by atoms with Gasteiger partial charge in [0.15, 0.2) is 0 Å². The normalized spacial score (nSPS) is 10.7. The molecule has 0 atom stereocenters. The molecular formula is C26H31N5O2. The van der Waals surface area contributed by atoms with Crippen molar-refractivity contribution >= 4 is 22.7 Å². The van der Waals surface area contributed by atoms with E-state index in [2.05, 4.69) is 34.3 Å². The van der Waals surface area contributed by atoms with Crippen molar-refractivity contribution in [3.63, 3.8) is 0 Å². The van der Waals surface area contributed by atoms with E-state index in [-0.39, 0.29) is 6.54 Å². The molecule has 0 saturated heterocycles. The van der Waals surface area contributed by atoms with Crippen LogP contribution in [0, 0.1) is 0 Å². The fourth-order valence-corrected chi connectivity index (χ4v) is 4.01. The Hall–Kier alpha value is -3.57. The standard InChI is InChI=1S/C26H31N5O2/c1-31(19-26(32)33)25-18-22(21-12-8-6-9-13-21)23-17-20(14-15-24(23)29-25)11-7-4-2-3-5-10-16-28-30-27/h6,8-9,12-15,17-18H,2-5,7,10-11,16,19H2,1H3,(H,32,33). The number of aromatic nitrogens is 1. The van der Waals surface area contributed by atoms with Gasteiger partial charge in [0.2, 0.25) is 0 Å². The number of carbonyl (C=O) groups is 1. The van der Waals surface area contributed by atoms with Crippen molar-refractivity contribution in [2.75, 3.05) is 25.0 Å². The fraction of sp³-hybridized carbons (Fsp3) is 0.385. The Morgan fingerprint density at radius 3 is 2.48 bits per heavy atom. The van der Waals surface area contributed by atoms with E-state index in [1.165, 1.54) is 24.8 Å². The number of aryl methyl sites for hydroxylation is 1. The van der Waals surface area contributed by atoms with E-state index in [9.17, 15) is 9.90 Å². The third kappa shape index (κ3) is 7.22. The summed E-state index contributed by atoms with van der Waals surface area (Å²) in [6, 6.07) is 18.6. The van der Waals surface area contributed by atoms with Crippen molar-refractivity contribution in [3.05, 3.63) is 70.6 Å². The van der Waals surface area contributed by atoms with Crippen molar-refractivity contribution in [3.8, 4) is 11.1 Å². The highest BCUT2D eigenvalue weighted by Gasteiger charge is 2.13. The van der Waals surface area contributed by atoms with Crippen LogP contribution in [0.3, 0.4) is 0 Å². The molecule has 0 radical (unpaired) electrons. The number of likely N-dealkylation sites (N-methyl/N-ethyl adjacent to an activating group) is 1. The van der Waals surface area contributed by atoms with Crippen molar-refractivity contribution in [2.24, 2.45) is 5.11 Å². The zero-order valence-electron chi connectivity index (χ0n) is 19.2. The van der Waals surface area contributed by atoms with Crippen LogP contribution in [0.2, 0.25) is 0 Å². The SMILES string of the molecule is CN(CC(=O)O)c1cc(-c2ccccc2)c2cc(CCCCCCCCN=[N+]=[N-])ccc2n1. The minimum absolute atomic E-state index is 0.101. The Morgan fingerprint density at radius 2 is 1.76 bits per heavy atom. The first-order chi connectivity index (χ1) is 16.1. The summed E-state index contributed by atoms with van der Waals surface area (Å²) >= 11 is 0. The van der Waals surface area contributed by atoms with Gasteiger partial charge in [-0.05, 0) is 59.7 Å². The zero-order valence-corrected chi connectivity index (χ0v) is 19.2. The van der Waals surface area contributed by atoms with Gasteiger partial charge in [0, 0.05) is 23.9 Å². The molecule has 3 rings (SSSR count). The monoisotopic (exact) mass is 445 g/mol. The molecule has 0 amide bonds. The molecule has 0 saturated carbocycles. The molecule has 7 nitrogen and oxygen atoms in total. The van der Waals surface area contributed by atoms with Gasteiger partial charge in [0.25, 0.3) is 0 Å². The quantitative estimate of drug-likeness (QED) is 0.138. The summed E-state index contributed by atoms with van der Waals surface area (Å²) in [4.78, 5) is 20.4. The molecule has 1 N–H and O–H groups in total. The smallest absolute Gasteiger partial charge is 0.323 e. The van der Waals surface area contributed by atoms with E-state index in [0.717, 1.165) is 47.7 Å². The second kappa shape index (κ2) is 12.5. The van der Waals surface area contributed by atoms with E-state index in [1.807, 2.05) is 30.3 Å². The lowest BCUT2D eigenvalue weighted by Crippen LogP contribution is -2.26. The summed E-state index contributed by atoms with van der Waals surface area (Å²) in [5, 5.41) is 13.8. The van der Waals surface area contributed by atoms with E-state index >= 15 is 0 Å². The van der Waals surface area contributed by atoms with E-state index in [0.29, 0.717) is 12.4 Å². The summed E-state index contributed by atoms with van der Waals surface area (Å²) in [5.41, 5.74) is 12.6. The number of hydrogen-bond acceptors (Lipinski definition) is 4. The van der Waals surface area contributed by atoms with Crippen LogP contribution in [0.25, 0.3) is 32.5 Å². The highest BCUT2D eigenvalue weighted by molar-refractivity contribution is 5.96. The number of unbranched alkanes of at least 4 members (excludes halogenated alkanes) is 5. The number of pyridine rings is 1. The number of anilines is 1. The van der Waals surface area contributed by atoms with Crippen LogP contribution >= 0.6 is 0 Å². The van der Waals surface area contributed by atoms with Gasteiger partial charge >= 0.3 is 5.97 Å². The van der Waals surface area contributed by atoms with Gasteiger partial charge in [-0.1, -0.05) is 67.2 Å². The maximum absolute atomic E-state index is 11.2. The molecule has 0 aliphatic rings. The number of azide groups is 1. The van der Waals surface area contributed by atoms with Crippen LogP contribution in [0.1, 0.15) is 44.1 Å². The van der Waals surface area contributed by atoms with Crippen LogP contribution in [0.4, 0.5) is 5.82 Å². The molecule has 33 heavy (non-hydrogen) atoms. The van der Waals surface area contributed by atoms with Crippen molar-refractivity contribution in [2.45, 2.75) is 44.9 Å². The highest BCUT2D eigenvalue weighted by Crippen LogP contribution is 2.32. The number of fused-ring (bicyclic) bond motifs is 1. The predicted octanol–water partition coefficient (Wildman–Crippen LogP) is 6.62. The molecule has 172 valence electrons. The van der Waals surface area contributed by atoms with Gasteiger partial charge < -0.3 is 10.0 Å². The molecule has 0 unspecified atom stereocenters. The largest absolute Gasteiger partial charge is 0.480 e. The van der Waals surface area contributed by atoms with Gasteiger partial charge in [-0.3, -0.25) is 4.79 Å². The summed E-state index contributed by atoms with van der Waals surface area (Å²) in [5.74, 6) is -0.233. The first kappa shape index (κ1) is 24.1. The average molecular weight is 446 g/mol. The second-order valence-corrected chi connectivity index (χ2v) is 8.32. The van der Waals surface area contributed by atoms with Gasteiger partial charge in [0.05, 0.1) is 5.52 Å².